The maximum absolute atomic E-state index is 12.3. The molecule has 1 aliphatic carbocycles. The zero-order valence-electron chi connectivity index (χ0n) is 14.7. The Labute approximate surface area is 147 Å². The Hall–Kier alpha value is -2.08. The average Bonchev–Trinajstić information content (AvgIpc) is 3.14. The first-order valence-corrected chi connectivity index (χ1v) is 8.89. The molecule has 1 aromatic rings. The van der Waals surface area contributed by atoms with Crippen molar-refractivity contribution in [2.75, 3.05) is 19.7 Å². The van der Waals surface area contributed by atoms with Crippen molar-refractivity contribution in [3.63, 3.8) is 0 Å². The quantitative estimate of drug-likeness (QED) is 0.653. The molecule has 0 unspecified atom stereocenters. The molecule has 1 saturated carbocycles. The van der Waals surface area contributed by atoms with Crippen molar-refractivity contribution >= 4 is 18.0 Å². The summed E-state index contributed by atoms with van der Waals surface area (Å²) in [5, 5.41) is 10.3. The summed E-state index contributed by atoms with van der Waals surface area (Å²) in [6.07, 6.45) is 4.69. The third-order valence-corrected chi connectivity index (χ3v) is 5.07. The van der Waals surface area contributed by atoms with Gasteiger partial charge in [-0.1, -0.05) is 6.92 Å². The van der Waals surface area contributed by atoms with Crippen LogP contribution in [0.2, 0.25) is 0 Å². The molecule has 1 saturated heterocycles. The van der Waals surface area contributed by atoms with Gasteiger partial charge in [-0.3, -0.25) is 4.79 Å². The molecular formula is C19H25NO5. The highest BCUT2D eigenvalue weighted by Gasteiger charge is 2.41. The maximum atomic E-state index is 12.3. The molecule has 1 amide bonds. The van der Waals surface area contributed by atoms with Gasteiger partial charge in [-0.15, -0.1) is 0 Å². The smallest absolute Gasteiger partial charge is 0.338 e. The Kier molecular flexibility index (Phi) is 4.99. The van der Waals surface area contributed by atoms with E-state index in [9.17, 15) is 14.7 Å². The third-order valence-electron chi connectivity index (χ3n) is 5.07. The van der Waals surface area contributed by atoms with E-state index in [1.54, 1.807) is 17.9 Å². The van der Waals surface area contributed by atoms with Crippen LogP contribution in [-0.2, 0) is 14.3 Å². The maximum Gasteiger partial charge on any atom is 0.338 e. The highest BCUT2D eigenvalue weighted by Crippen LogP contribution is 2.47. The van der Waals surface area contributed by atoms with Crippen molar-refractivity contribution in [2.24, 2.45) is 5.92 Å². The molecule has 0 spiro atoms. The van der Waals surface area contributed by atoms with Crippen molar-refractivity contribution in [1.29, 1.82) is 0 Å². The number of amides is 1. The summed E-state index contributed by atoms with van der Waals surface area (Å²) >= 11 is 0. The monoisotopic (exact) mass is 347 g/mol. The molecule has 25 heavy (non-hydrogen) atoms. The van der Waals surface area contributed by atoms with Gasteiger partial charge in [-0.2, -0.15) is 0 Å². The number of carbonyl (C=O) groups excluding carboxylic acids is 2. The van der Waals surface area contributed by atoms with Gasteiger partial charge in [-0.05, 0) is 37.5 Å². The van der Waals surface area contributed by atoms with Crippen LogP contribution in [0.3, 0.4) is 0 Å². The molecule has 1 aromatic heterocycles. The molecule has 2 fully saturated rings. The van der Waals surface area contributed by atoms with Crippen LogP contribution < -0.4 is 0 Å². The second-order valence-corrected chi connectivity index (χ2v) is 6.97. The van der Waals surface area contributed by atoms with E-state index in [1.807, 2.05) is 12.1 Å². The topological polar surface area (TPSA) is 80.0 Å². The van der Waals surface area contributed by atoms with E-state index in [4.69, 9.17) is 9.15 Å². The van der Waals surface area contributed by atoms with E-state index in [0.29, 0.717) is 30.7 Å². The van der Waals surface area contributed by atoms with Gasteiger partial charge in [0.05, 0.1) is 6.61 Å². The van der Waals surface area contributed by atoms with Crippen LogP contribution in [-0.4, -0.2) is 47.2 Å². The summed E-state index contributed by atoms with van der Waals surface area (Å²) in [5.41, 5.74) is -1.48. The Morgan fingerprint density at radius 1 is 1.40 bits per heavy atom. The van der Waals surface area contributed by atoms with E-state index in [2.05, 4.69) is 6.92 Å². The second kappa shape index (κ2) is 7.04. The summed E-state index contributed by atoms with van der Waals surface area (Å²) in [7, 11) is 0. The highest BCUT2D eigenvalue weighted by molar-refractivity contribution is 5.91. The summed E-state index contributed by atoms with van der Waals surface area (Å²) in [4.78, 5) is 25.7. The van der Waals surface area contributed by atoms with Crippen molar-refractivity contribution in [3.05, 3.63) is 29.7 Å². The molecule has 0 bridgehead atoms. The Bertz CT molecular complexity index is 669. The fourth-order valence-electron chi connectivity index (χ4n) is 3.20. The van der Waals surface area contributed by atoms with Crippen molar-refractivity contribution in [1.82, 2.24) is 4.90 Å². The van der Waals surface area contributed by atoms with Gasteiger partial charge < -0.3 is 19.2 Å². The number of esters is 1. The van der Waals surface area contributed by atoms with E-state index in [0.717, 1.165) is 12.2 Å². The lowest BCUT2D eigenvalue weighted by atomic mass is 9.91. The Morgan fingerprint density at radius 3 is 2.68 bits per heavy atom. The summed E-state index contributed by atoms with van der Waals surface area (Å²) in [6, 6.07) is 3.85. The predicted molar refractivity (Wildman–Crippen MR) is 91.7 cm³/mol. The molecular weight excluding hydrogens is 322 g/mol. The number of aliphatic hydroxyl groups is 1. The lowest BCUT2D eigenvalue weighted by molar-refractivity contribution is -0.171. The number of nitrogens with zero attached hydrogens (tertiary/aromatic N) is 1. The minimum Gasteiger partial charge on any atom is -0.464 e. The molecule has 1 N–H and O–H groups in total. The molecule has 136 valence electrons. The lowest BCUT2D eigenvalue weighted by Gasteiger charge is -2.35. The van der Waals surface area contributed by atoms with Crippen LogP contribution in [0.1, 0.15) is 50.5 Å². The number of rotatable bonds is 5. The number of ether oxygens (including phenoxy) is 1. The van der Waals surface area contributed by atoms with Gasteiger partial charge in [0.2, 0.25) is 5.91 Å². The minimum absolute atomic E-state index is 0.149. The molecule has 3 rings (SSSR count). The molecule has 0 radical (unpaired) electrons. The van der Waals surface area contributed by atoms with Gasteiger partial charge in [0, 0.05) is 37.9 Å². The van der Waals surface area contributed by atoms with Crippen molar-refractivity contribution in [3.8, 4) is 0 Å². The average molecular weight is 347 g/mol. The minimum atomic E-state index is -1.48. The molecule has 6 nitrogen and oxygen atoms in total. The lowest BCUT2D eigenvalue weighted by Crippen LogP contribution is -2.51. The predicted octanol–water partition coefficient (Wildman–Crippen LogP) is 2.33. The highest BCUT2D eigenvalue weighted by atomic mass is 16.5. The summed E-state index contributed by atoms with van der Waals surface area (Å²) in [5.74, 6) is 2.09. The van der Waals surface area contributed by atoms with Gasteiger partial charge in [0.1, 0.15) is 11.5 Å². The molecule has 6 heteroatoms. The third kappa shape index (κ3) is 3.95. The molecule has 2 atom stereocenters. The number of carbonyl (C=O) groups is 2. The van der Waals surface area contributed by atoms with Crippen molar-refractivity contribution in [2.45, 2.75) is 44.6 Å². The second-order valence-electron chi connectivity index (χ2n) is 6.97. The first-order valence-electron chi connectivity index (χ1n) is 8.89. The van der Waals surface area contributed by atoms with E-state index in [1.165, 1.54) is 6.08 Å². The number of furan rings is 1. The van der Waals surface area contributed by atoms with Gasteiger partial charge in [0.15, 0.2) is 5.60 Å². The summed E-state index contributed by atoms with van der Waals surface area (Å²) < 4.78 is 10.6. The van der Waals surface area contributed by atoms with E-state index < -0.39 is 11.6 Å². The number of hydrogen-bond acceptors (Lipinski definition) is 5. The first-order chi connectivity index (χ1) is 11.9. The number of piperidine rings is 1. The fraction of sp³-hybridized carbons (Fsp3) is 0.579. The SMILES string of the molecule is CCOC(=O)C1(O)CCN(C(=O)/C=C/c2ccc([C@@H]3C[C@H]3C)o2)CC1. The molecule has 2 heterocycles. The summed E-state index contributed by atoms with van der Waals surface area (Å²) in [6.45, 7) is 4.77. The van der Waals surface area contributed by atoms with Gasteiger partial charge in [0.25, 0.3) is 0 Å². The van der Waals surface area contributed by atoms with Gasteiger partial charge >= 0.3 is 5.97 Å². The molecule has 1 aliphatic heterocycles. The van der Waals surface area contributed by atoms with Crippen LogP contribution in [0.4, 0.5) is 0 Å². The van der Waals surface area contributed by atoms with Crippen LogP contribution in [0.25, 0.3) is 6.08 Å². The zero-order valence-corrected chi connectivity index (χ0v) is 14.7. The van der Waals surface area contributed by atoms with Crippen LogP contribution in [0.5, 0.6) is 0 Å². The fourth-order valence-corrected chi connectivity index (χ4v) is 3.20. The normalized spacial score (nSPS) is 25.2. The standard InChI is InChI=1S/C19H25NO5/c1-3-24-18(22)19(23)8-10-20(11-9-19)17(21)7-5-14-4-6-16(25-14)15-12-13(15)2/h4-7,13,15,23H,3,8-12H2,1-2H3/b7-5+/t13-,15-/m1/s1. The van der Waals surface area contributed by atoms with E-state index in [-0.39, 0.29) is 25.4 Å². The number of hydrogen-bond donors (Lipinski definition) is 1. The van der Waals surface area contributed by atoms with E-state index >= 15 is 0 Å². The van der Waals surface area contributed by atoms with Gasteiger partial charge in [-0.25, -0.2) is 4.79 Å². The van der Waals surface area contributed by atoms with Crippen molar-refractivity contribution < 1.29 is 23.8 Å². The molecule has 2 aliphatic rings. The Morgan fingerprint density at radius 2 is 2.08 bits per heavy atom. The largest absolute Gasteiger partial charge is 0.464 e. The zero-order chi connectivity index (χ0) is 18.0. The van der Waals surface area contributed by atoms with Crippen LogP contribution >= 0.6 is 0 Å². The number of likely N-dealkylation sites (tertiary alicyclic amines) is 1. The van der Waals surface area contributed by atoms with Crippen LogP contribution in [0.15, 0.2) is 22.6 Å². The Balaban J connectivity index is 1.52. The van der Waals surface area contributed by atoms with Crippen LogP contribution in [0, 0.1) is 5.92 Å². The first kappa shape index (κ1) is 17.7. The molecule has 0 aromatic carbocycles.